The third-order valence-corrected chi connectivity index (χ3v) is 9.15. The van der Waals surface area contributed by atoms with Gasteiger partial charge in [0.25, 0.3) is 0 Å². The van der Waals surface area contributed by atoms with E-state index in [0.29, 0.717) is 23.2 Å². The Morgan fingerprint density at radius 3 is 2.42 bits per heavy atom. The second-order valence-electron chi connectivity index (χ2n) is 12.9. The molecule has 40 heavy (non-hydrogen) atoms. The van der Waals surface area contributed by atoms with Crippen LogP contribution in [-0.4, -0.2) is 64.0 Å². The molecule has 1 aliphatic carbocycles. The molecule has 2 saturated heterocycles. The summed E-state index contributed by atoms with van der Waals surface area (Å²) in [6.45, 7) is 16.0. The van der Waals surface area contributed by atoms with Crippen LogP contribution in [0, 0.1) is 10.8 Å². The van der Waals surface area contributed by atoms with Crippen molar-refractivity contribution >= 4 is 23.8 Å². The average molecular weight is 545 g/mol. The number of ether oxygens (including phenoxy) is 1. The minimum atomic E-state index is -0.376. The zero-order valence-electron chi connectivity index (χ0n) is 24.0. The van der Waals surface area contributed by atoms with Crippen molar-refractivity contribution in [3.8, 4) is 0 Å². The van der Waals surface area contributed by atoms with Gasteiger partial charge in [0.05, 0.1) is 11.6 Å². The molecule has 4 heterocycles. The molecule has 1 saturated carbocycles. The highest BCUT2D eigenvalue weighted by molar-refractivity contribution is 5.89. The van der Waals surface area contributed by atoms with Gasteiger partial charge in [-0.3, -0.25) is 14.6 Å². The van der Waals surface area contributed by atoms with Gasteiger partial charge in [-0.05, 0) is 62.7 Å². The van der Waals surface area contributed by atoms with Gasteiger partial charge in [-0.2, -0.15) is 4.98 Å². The molecule has 1 spiro atoms. The maximum atomic E-state index is 12.3. The molecule has 9 heteroatoms. The quantitative estimate of drug-likeness (QED) is 0.441. The van der Waals surface area contributed by atoms with Gasteiger partial charge in [-0.1, -0.05) is 37.8 Å². The largest absolute Gasteiger partial charge is 0.444 e. The molecule has 2 amide bonds. The maximum Gasteiger partial charge on any atom is 0.416 e. The zero-order chi connectivity index (χ0) is 28.2. The van der Waals surface area contributed by atoms with Crippen molar-refractivity contribution in [3.63, 3.8) is 0 Å². The fraction of sp³-hybridized carbons (Fsp3) is 0.548. The van der Waals surface area contributed by atoms with Crippen molar-refractivity contribution in [2.45, 2.75) is 71.7 Å². The number of likely N-dealkylation sites (tertiary alicyclic amines) is 2. The zero-order valence-corrected chi connectivity index (χ0v) is 24.0. The predicted octanol–water partition coefficient (Wildman–Crippen LogP) is 5.08. The lowest BCUT2D eigenvalue weighted by molar-refractivity contribution is -0.160. The van der Waals surface area contributed by atoms with E-state index in [4.69, 9.17) is 4.74 Å². The summed E-state index contributed by atoms with van der Waals surface area (Å²) >= 11 is 0. The van der Waals surface area contributed by atoms with E-state index in [1.807, 2.05) is 18.7 Å². The summed E-state index contributed by atoms with van der Waals surface area (Å²) in [6, 6.07) is 9.27. The Labute approximate surface area is 236 Å². The van der Waals surface area contributed by atoms with Crippen LogP contribution < -0.4 is 10.2 Å². The van der Waals surface area contributed by atoms with Gasteiger partial charge in [-0.15, -0.1) is 0 Å². The molecular weight excluding hydrogens is 504 g/mol. The van der Waals surface area contributed by atoms with E-state index in [0.717, 1.165) is 37.3 Å². The first kappa shape index (κ1) is 26.7. The molecule has 1 N–H and O–H groups in total. The van der Waals surface area contributed by atoms with Gasteiger partial charge < -0.3 is 15.0 Å². The van der Waals surface area contributed by atoms with Crippen LogP contribution in [0.1, 0.15) is 75.7 Å². The number of cyclic esters (lactones) is 1. The number of nitrogens with one attached hydrogen (secondary N) is 1. The number of carbonyl (C=O) groups is 2. The van der Waals surface area contributed by atoms with E-state index in [2.05, 4.69) is 64.9 Å². The fourth-order valence-electron chi connectivity index (χ4n) is 6.44. The summed E-state index contributed by atoms with van der Waals surface area (Å²) in [5.74, 6) is 1.15. The number of hydrogen-bond acceptors (Lipinski definition) is 7. The molecule has 1 aromatic carbocycles. The third-order valence-electron chi connectivity index (χ3n) is 9.15. The van der Waals surface area contributed by atoms with Gasteiger partial charge in [0.1, 0.15) is 12.4 Å². The van der Waals surface area contributed by atoms with Crippen LogP contribution in [0.5, 0.6) is 0 Å². The number of fused-ring (bicyclic) bond motifs is 1. The van der Waals surface area contributed by atoms with E-state index in [1.54, 1.807) is 11.1 Å². The molecule has 1 aromatic heterocycles. The number of anilines is 2. The summed E-state index contributed by atoms with van der Waals surface area (Å²) < 4.78 is 5.27. The molecule has 2 aromatic rings. The molecule has 2 atom stereocenters. The monoisotopic (exact) mass is 544 g/mol. The Bertz CT molecular complexity index is 1310. The van der Waals surface area contributed by atoms with Crippen molar-refractivity contribution in [1.82, 2.24) is 19.8 Å². The van der Waals surface area contributed by atoms with Crippen LogP contribution in [-0.2, 0) is 16.1 Å². The molecule has 6 rings (SSSR count). The topological polar surface area (TPSA) is 90.9 Å². The van der Waals surface area contributed by atoms with Crippen molar-refractivity contribution in [2.75, 3.05) is 36.4 Å². The Kier molecular flexibility index (Phi) is 6.60. The molecule has 212 valence electrons. The van der Waals surface area contributed by atoms with E-state index in [9.17, 15) is 9.59 Å². The lowest BCUT2D eigenvalue weighted by Crippen LogP contribution is -2.73. The highest BCUT2D eigenvalue weighted by atomic mass is 16.6. The van der Waals surface area contributed by atoms with Crippen LogP contribution in [0.3, 0.4) is 0 Å². The van der Waals surface area contributed by atoms with Crippen LogP contribution in [0.25, 0.3) is 0 Å². The molecule has 0 radical (unpaired) electrons. The number of benzene rings is 1. The number of hydrogen-bond donors (Lipinski definition) is 1. The SMILES string of the molecule is C=CC(=O)N1CC2(C1)CN(C(CC1(C)CC1)c1ccc([C@H](C)Nc3ncc4c(n3)N(C(C)C)C(=O)OC4)cc1)C2. The van der Waals surface area contributed by atoms with E-state index in [-0.39, 0.29) is 36.1 Å². The number of nitrogens with zero attached hydrogens (tertiary/aromatic N) is 5. The van der Waals surface area contributed by atoms with Crippen LogP contribution >= 0.6 is 0 Å². The van der Waals surface area contributed by atoms with Crippen molar-refractivity contribution in [2.24, 2.45) is 10.8 Å². The van der Waals surface area contributed by atoms with Gasteiger partial charge in [-0.25, -0.2) is 9.78 Å². The molecular formula is C31H40N6O3. The van der Waals surface area contributed by atoms with Crippen LogP contribution in [0.15, 0.2) is 43.1 Å². The number of rotatable bonds is 9. The second kappa shape index (κ2) is 9.87. The Balaban J connectivity index is 1.13. The van der Waals surface area contributed by atoms with Crippen LogP contribution in [0.2, 0.25) is 0 Å². The minimum absolute atomic E-state index is 0.00910. The molecule has 4 aliphatic rings. The summed E-state index contributed by atoms with van der Waals surface area (Å²) in [7, 11) is 0. The van der Waals surface area contributed by atoms with E-state index in [1.165, 1.54) is 30.9 Å². The van der Waals surface area contributed by atoms with Gasteiger partial charge in [0, 0.05) is 49.9 Å². The minimum Gasteiger partial charge on any atom is -0.444 e. The lowest BCUT2D eigenvalue weighted by atomic mass is 9.71. The fourth-order valence-corrected chi connectivity index (χ4v) is 6.44. The standard InChI is InChI=1S/C31H40N6O3/c1-6-26(38)36-18-31(19-36)16-35(17-31)25(13-30(5)11-12-30)23-9-7-22(8-10-23)21(4)33-28-32-14-24-15-40-29(39)37(20(2)3)27(24)34-28/h6-10,14,20-21,25H,1,11-13,15-19H2,2-5H3,(H,32,33,34)/t21-,25?/m0/s1. The number of amides is 2. The van der Waals surface area contributed by atoms with Crippen molar-refractivity contribution < 1.29 is 14.3 Å². The Morgan fingerprint density at radius 2 is 1.80 bits per heavy atom. The number of carbonyl (C=O) groups excluding carboxylic acids is 2. The Morgan fingerprint density at radius 1 is 1.12 bits per heavy atom. The van der Waals surface area contributed by atoms with Gasteiger partial charge in [0.15, 0.2) is 0 Å². The first-order valence-electron chi connectivity index (χ1n) is 14.4. The smallest absolute Gasteiger partial charge is 0.416 e. The average Bonchev–Trinajstić information content (AvgIpc) is 3.62. The summed E-state index contributed by atoms with van der Waals surface area (Å²) in [6.07, 6.45) is 6.55. The number of aromatic nitrogens is 2. The molecule has 3 aliphatic heterocycles. The normalized spacial score (nSPS) is 22.1. The second-order valence-corrected chi connectivity index (χ2v) is 12.9. The molecule has 3 fully saturated rings. The first-order valence-corrected chi connectivity index (χ1v) is 14.4. The molecule has 1 unspecified atom stereocenters. The van der Waals surface area contributed by atoms with Gasteiger partial charge in [0.2, 0.25) is 11.9 Å². The first-order chi connectivity index (χ1) is 19.1. The molecule has 9 nitrogen and oxygen atoms in total. The summed E-state index contributed by atoms with van der Waals surface area (Å²) in [5, 5.41) is 3.42. The van der Waals surface area contributed by atoms with Crippen molar-refractivity contribution in [1.29, 1.82) is 0 Å². The maximum absolute atomic E-state index is 12.3. The van der Waals surface area contributed by atoms with Crippen LogP contribution in [0.4, 0.5) is 16.6 Å². The third kappa shape index (κ3) is 4.96. The van der Waals surface area contributed by atoms with Gasteiger partial charge >= 0.3 is 6.09 Å². The predicted molar refractivity (Wildman–Crippen MR) is 154 cm³/mol. The highest BCUT2D eigenvalue weighted by Gasteiger charge is 2.55. The van der Waals surface area contributed by atoms with E-state index >= 15 is 0 Å². The van der Waals surface area contributed by atoms with E-state index < -0.39 is 0 Å². The van der Waals surface area contributed by atoms with Crippen molar-refractivity contribution in [3.05, 3.63) is 59.8 Å². The lowest BCUT2D eigenvalue weighted by Gasteiger charge is -2.62. The Hall–Kier alpha value is -3.46. The summed E-state index contributed by atoms with van der Waals surface area (Å²) in [4.78, 5) is 39.5. The highest BCUT2D eigenvalue weighted by Crippen LogP contribution is 2.54. The molecule has 0 bridgehead atoms. The summed E-state index contributed by atoms with van der Waals surface area (Å²) in [5.41, 5.74) is 4.01.